The molecule has 8 nitrogen and oxygen atoms in total. The number of benzene rings is 2. The van der Waals surface area contributed by atoms with Crippen LogP contribution >= 0.6 is 0 Å². The fraction of sp³-hybridized carbons (Fsp3) is 0.393. The molecule has 2 aliphatic rings. The molecule has 0 atom stereocenters. The van der Waals surface area contributed by atoms with Gasteiger partial charge in [-0.3, -0.25) is 9.69 Å². The van der Waals surface area contributed by atoms with Gasteiger partial charge in [-0.2, -0.15) is 13.2 Å². The van der Waals surface area contributed by atoms with Gasteiger partial charge in [-0.15, -0.1) is 0 Å². The van der Waals surface area contributed by atoms with Crippen LogP contribution < -0.4 is 4.74 Å². The molecule has 0 saturated carbocycles. The van der Waals surface area contributed by atoms with Crippen LogP contribution in [0.15, 0.2) is 42.5 Å². The summed E-state index contributed by atoms with van der Waals surface area (Å²) in [6.07, 6.45) is -5.44. The quantitative estimate of drug-likeness (QED) is 0.469. The predicted octanol–water partition coefficient (Wildman–Crippen LogP) is 5.39. The molecule has 3 heterocycles. The van der Waals surface area contributed by atoms with E-state index in [9.17, 15) is 27.9 Å². The molecule has 206 valence electrons. The number of halogens is 3. The highest BCUT2D eigenvalue weighted by Gasteiger charge is 2.36. The van der Waals surface area contributed by atoms with E-state index in [2.05, 4.69) is 4.98 Å². The SMILES string of the molecule is CC(C)(C)c1c(C(=O)N2CCOc3ccc(-c4ccc(C(F)(F)F)cc4)cc3C2)nc2n1CCN(C(=O)O)C2. The maximum absolute atomic E-state index is 13.9. The number of carbonyl (C=O) groups excluding carboxylic acids is 1. The van der Waals surface area contributed by atoms with Gasteiger partial charge in [-0.05, 0) is 35.4 Å². The molecule has 2 aliphatic heterocycles. The van der Waals surface area contributed by atoms with Crippen LogP contribution in [0.25, 0.3) is 11.1 Å². The number of fused-ring (bicyclic) bond motifs is 2. The first-order valence-corrected chi connectivity index (χ1v) is 12.6. The number of carbonyl (C=O) groups is 2. The Morgan fingerprint density at radius 1 is 0.923 bits per heavy atom. The van der Waals surface area contributed by atoms with E-state index in [1.54, 1.807) is 17.0 Å². The van der Waals surface area contributed by atoms with Crippen LogP contribution in [0.2, 0.25) is 0 Å². The van der Waals surface area contributed by atoms with Crippen LogP contribution in [0.5, 0.6) is 5.75 Å². The summed E-state index contributed by atoms with van der Waals surface area (Å²) in [5.41, 5.74) is 1.98. The normalized spacial score (nSPS) is 15.7. The number of alkyl halides is 3. The van der Waals surface area contributed by atoms with Crippen LogP contribution in [0.3, 0.4) is 0 Å². The van der Waals surface area contributed by atoms with Crippen LogP contribution in [0.1, 0.15) is 53.9 Å². The molecule has 0 spiro atoms. The molecule has 3 aromatic rings. The summed E-state index contributed by atoms with van der Waals surface area (Å²) in [7, 11) is 0. The molecule has 0 saturated heterocycles. The highest BCUT2D eigenvalue weighted by molar-refractivity contribution is 5.94. The summed E-state index contributed by atoms with van der Waals surface area (Å²) in [4.78, 5) is 33.0. The molecule has 11 heteroatoms. The zero-order valence-corrected chi connectivity index (χ0v) is 21.9. The Labute approximate surface area is 223 Å². The third-order valence-electron chi connectivity index (χ3n) is 7.03. The Hall–Kier alpha value is -4.02. The van der Waals surface area contributed by atoms with Gasteiger partial charge in [0.15, 0.2) is 5.69 Å². The van der Waals surface area contributed by atoms with Crippen LogP contribution in [-0.2, 0) is 31.2 Å². The molecular formula is C28H29F3N4O4. The second kappa shape index (κ2) is 9.62. The number of rotatable bonds is 2. The number of hydrogen-bond acceptors (Lipinski definition) is 4. The number of aromatic nitrogens is 2. The van der Waals surface area contributed by atoms with E-state index in [4.69, 9.17) is 4.74 Å². The number of nitrogens with zero attached hydrogens (tertiary/aromatic N) is 4. The van der Waals surface area contributed by atoms with Crippen molar-refractivity contribution in [3.05, 3.63) is 70.8 Å². The monoisotopic (exact) mass is 542 g/mol. The minimum absolute atomic E-state index is 0.105. The van der Waals surface area contributed by atoms with Crippen molar-refractivity contribution in [1.29, 1.82) is 0 Å². The Kier molecular flexibility index (Phi) is 6.56. The average Bonchev–Trinajstić information content (AvgIpc) is 3.14. The van der Waals surface area contributed by atoms with Crippen LogP contribution in [-0.4, -0.2) is 56.2 Å². The highest BCUT2D eigenvalue weighted by atomic mass is 19.4. The third kappa shape index (κ3) is 5.17. The number of hydrogen-bond donors (Lipinski definition) is 1. The molecule has 0 fully saturated rings. The van der Waals surface area contributed by atoms with Gasteiger partial charge in [-0.25, -0.2) is 9.78 Å². The molecule has 0 aliphatic carbocycles. The van der Waals surface area contributed by atoms with Gasteiger partial charge in [0, 0.05) is 30.6 Å². The number of imidazole rings is 1. The lowest BCUT2D eigenvalue weighted by atomic mass is 9.89. The van der Waals surface area contributed by atoms with Crippen molar-refractivity contribution in [1.82, 2.24) is 19.4 Å². The average molecular weight is 543 g/mol. The minimum Gasteiger partial charge on any atom is -0.491 e. The second-order valence-corrected chi connectivity index (χ2v) is 10.8. The van der Waals surface area contributed by atoms with Gasteiger partial charge in [0.1, 0.15) is 18.2 Å². The van der Waals surface area contributed by atoms with Crippen LogP contribution in [0.4, 0.5) is 18.0 Å². The fourth-order valence-corrected chi connectivity index (χ4v) is 5.15. The Morgan fingerprint density at radius 2 is 1.62 bits per heavy atom. The zero-order valence-electron chi connectivity index (χ0n) is 21.9. The summed E-state index contributed by atoms with van der Waals surface area (Å²) >= 11 is 0. The maximum atomic E-state index is 13.9. The van der Waals surface area contributed by atoms with Gasteiger partial charge in [0.05, 0.1) is 24.3 Å². The topological polar surface area (TPSA) is 87.9 Å². The van der Waals surface area contributed by atoms with E-state index >= 15 is 0 Å². The largest absolute Gasteiger partial charge is 0.491 e. The fourth-order valence-electron chi connectivity index (χ4n) is 5.15. The lowest BCUT2D eigenvalue weighted by molar-refractivity contribution is -0.137. The van der Waals surface area contributed by atoms with E-state index in [1.807, 2.05) is 31.4 Å². The first-order valence-electron chi connectivity index (χ1n) is 12.6. The first kappa shape index (κ1) is 26.6. The smallest absolute Gasteiger partial charge is 0.416 e. The molecule has 39 heavy (non-hydrogen) atoms. The van der Waals surface area contributed by atoms with Crippen molar-refractivity contribution in [3.63, 3.8) is 0 Å². The molecule has 2 amide bonds. The minimum atomic E-state index is -4.41. The van der Waals surface area contributed by atoms with E-state index in [-0.39, 0.29) is 25.6 Å². The van der Waals surface area contributed by atoms with Crippen LogP contribution in [0, 0.1) is 0 Å². The maximum Gasteiger partial charge on any atom is 0.416 e. The van der Waals surface area contributed by atoms with Crippen molar-refractivity contribution in [2.24, 2.45) is 0 Å². The third-order valence-corrected chi connectivity index (χ3v) is 7.03. The summed E-state index contributed by atoms with van der Waals surface area (Å²) in [5, 5.41) is 9.44. The van der Waals surface area contributed by atoms with Crippen molar-refractivity contribution < 1.29 is 32.6 Å². The Bertz CT molecular complexity index is 1420. The van der Waals surface area contributed by atoms with E-state index < -0.39 is 23.2 Å². The predicted molar refractivity (Wildman–Crippen MR) is 136 cm³/mol. The van der Waals surface area contributed by atoms with E-state index in [1.165, 1.54) is 17.0 Å². The highest BCUT2D eigenvalue weighted by Crippen LogP contribution is 2.35. The molecule has 0 unspecified atom stereocenters. The van der Waals surface area contributed by atoms with E-state index in [0.717, 1.165) is 23.4 Å². The van der Waals surface area contributed by atoms with E-state index in [0.29, 0.717) is 48.0 Å². The molecule has 2 aromatic carbocycles. The summed E-state index contributed by atoms with van der Waals surface area (Å²) in [6, 6.07) is 10.3. The lowest BCUT2D eigenvalue weighted by Crippen LogP contribution is -2.38. The Balaban J connectivity index is 1.46. The van der Waals surface area contributed by atoms with Crippen molar-refractivity contribution in [3.8, 4) is 16.9 Å². The molecule has 1 aromatic heterocycles. The number of amides is 2. The lowest BCUT2D eigenvalue weighted by Gasteiger charge is -2.29. The van der Waals surface area contributed by atoms with Crippen molar-refractivity contribution in [2.45, 2.75) is 52.0 Å². The first-order chi connectivity index (χ1) is 18.3. The number of ether oxygens (including phenoxy) is 1. The molecule has 0 radical (unpaired) electrons. The molecular weight excluding hydrogens is 513 g/mol. The standard InChI is InChI=1S/C28H29F3N4O4/c1-27(2,3)24-23(32-22-16-34(26(37)38)10-11-35(22)24)25(36)33-12-13-39-21-9-6-18(14-19(21)15-33)17-4-7-20(8-5-17)28(29,30)31/h4-9,14H,10-13,15-16H2,1-3H3,(H,37,38). The Morgan fingerprint density at radius 3 is 2.26 bits per heavy atom. The summed E-state index contributed by atoms with van der Waals surface area (Å²) in [6.45, 7) is 7.63. The van der Waals surface area contributed by atoms with Gasteiger partial charge in [0.2, 0.25) is 0 Å². The van der Waals surface area contributed by atoms with Gasteiger partial charge in [-0.1, -0.05) is 39.0 Å². The number of carboxylic acid groups (broad SMARTS) is 1. The second-order valence-electron chi connectivity index (χ2n) is 10.8. The molecule has 0 bridgehead atoms. The van der Waals surface area contributed by atoms with Gasteiger partial charge in [0.25, 0.3) is 5.91 Å². The zero-order chi connectivity index (χ0) is 28.1. The van der Waals surface area contributed by atoms with Gasteiger partial charge < -0.3 is 19.3 Å². The summed E-state index contributed by atoms with van der Waals surface area (Å²) < 4.78 is 46.8. The molecule has 1 N–H and O–H groups in total. The molecule has 5 rings (SSSR count). The van der Waals surface area contributed by atoms with Crippen molar-refractivity contribution in [2.75, 3.05) is 19.7 Å². The summed E-state index contributed by atoms with van der Waals surface area (Å²) in [5.74, 6) is 0.867. The van der Waals surface area contributed by atoms with Crippen molar-refractivity contribution >= 4 is 12.0 Å². The van der Waals surface area contributed by atoms with Gasteiger partial charge >= 0.3 is 12.3 Å².